The maximum Gasteiger partial charge on any atom is 0.253 e. The highest BCUT2D eigenvalue weighted by Gasteiger charge is 2.47. The second-order valence-corrected chi connectivity index (χ2v) is 9.14. The first kappa shape index (κ1) is 22.6. The van der Waals surface area contributed by atoms with Gasteiger partial charge in [-0.3, -0.25) is 14.7 Å². The second kappa shape index (κ2) is 9.56. The van der Waals surface area contributed by atoms with Crippen molar-refractivity contribution in [2.75, 3.05) is 27.2 Å². The summed E-state index contributed by atoms with van der Waals surface area (Å²) in [7, 11) is 3.50. The van der Waals surface area contributed by atoms with Crippen molar-refractivity contribution in [1.82, 2.24) is 24.3 Å². The molecule has 0 bridgehead atoms. The van der Waals surface area contributed by atoms with Crippen molar-refractivity contribution in [2.24, 2.45) is 0 Å². The lowest BCUT2D eigenvalue weighted by Crippen LogP contribution is -2.54. The van der Waals surface area contributed by atoms with Crippen LogP contribution in [-0.2, 0) is 34.8 Å². The van der Waals surface area contributed by atoms with E-state index < -0.39 is 11.7 Å². The molecule has 34 heavy (non-hydrogen) atoms. The van der Waals surface area contributed by atoms with Gasteiger partial charge in [0, 0.05) is 45.3 Å². The molecule has 5 rings (SSSR count). The van der Waals surface area contributed by atoms with Crippen LogP contribution in [0.1, 0.15) is 29.9 Å². The van der Waals surface area contributed by atoms with Gasteiger partial charge in [-0.05, 0) is 42.7 Å². The number of amides is 1. The number of piperidine rings is 1. The SMILES string of the molecule is COc1ccc(CN2CCC3(CC2)O[C@@H](C(=O)N(C)Cc2ccccn2)Cn2ccnc23)cc1. The Kier molecular flexibility index (Phi) is 6.34. The third-order valence-electron chi connectivity index (χ3n) is 6.86. The second-order valence-electron chi connectivity index (χ2n) is 9.14. The van der Waals surface area contributed by atoms with Gasteiger partial charge in [-0.15, -0.1) is 0 Å². The molecule has 8 nitrogen and oxygen atoms in total. The van der Waals surface area contributed by atoms with Gasteiger partial charge in [-0.2, -0.15) is 0 Å². The topological polar surface area (TPSA) is 72.7 Å². The highest BCUT2D eigenvalue weighted by atomic mass is 16.5. The summed E-state index contributed by atoms with van der Waals surface area (Å²) in [6.07, 6.45) is 6.58. The van der Waals surface area contributed by atoms with Crippen molar-refractivity contribution in [3.05, 3.63) is 78.1 Å². The van der Waals surface area contributed by atoms with Gasteiger partial charge in [0.15, 0.2) is 6.10 Å². The molecule has 0 aliphatic carbocycles. The van der Waals surface area contributed by atoms with E-state index in [2.05, 4.69) is 31.6 Å². The number of hydrogen-bond donors (Lipinski definition) is 0. The molecule has 0 radical (unpaired) electrons. The molecule has 2 aliphatic heterocycles. The summed E-state index contributed by atoms with van der Waals surface area (Å²) < 4.78 is 14.0. The molecule has 1 fully saturated rings. The van der Waals surface area contributed by atoms with E-state index in [0.29, 0.717) is 13.1 Å². The third kappa shape index (κ3) is 4.56. The van der Waals surface area contributed by atoms with Crippen LogP contribution in [0.2, 0.25) is 0 Å². The molecule has 4 heterocycles. The van der Waals surface area contributed by atoms with E-state index in [9.17, 15) is 4.79 Å². The number of likely N-dealkylation sites (N-methyl/N-ethyl adjacent to an activating group) is 1. The number of imidazole rings is 1. The molecule has 2 aromatic heterocycles. The fourth-order valence-electron chi connectivity index (χ4n) is 4.99. The predicted molar refractivity (Wildman–Crippen MR) is 127 cm³/mol. The average molecular weight is 462 g/mol. The van der Waals surface area contributed by atoms with Crippen LogP contribution in [0.4, 0.5) is 0 Å². The zero-order chi connectivity index (χ0) is 23.5. The summed E-state index contributed by atoms with van der Waals surface area (Å²) in [4.78, 5) is 26.5. The lowest BCUT2D eigenvalue weighted by Gasteiger charge is -2.46. The summed E-state index contributed by atoms with van der Waals surface area (Å²) in [6.45, 7) is 3.58. The van der Waals surface area contributed by atoms with Gasteiger partial charge in [0.25, 0.3) is 5.91 Å². The Hall–Kier alpha value is -3.23. The molecule has 0 N–H and O–H groups in total. The summed E-state index contributed by atoms with van der Waals surface area (Å²) in [5.41, 5.74) is 1.58. The normalized spacial score (nSPS) is 19.5. The highest BCUT2D eigenvalue weighted by Crippen LogP contribution is 2.40. The molecule has 1 atom stereocenters. The maximum absolute atomic E-state index is 13.3. The van der Waals surface area contributed by atoms with Crippen LogP contribution in [0.3, 0.4) is 0 Å². The van der Waals surface area contributed by atoms with Gasteiger partial charge >= 0.3 is 0 Å². The van der Waals surface area contributed by atoms with Crippen LogP contribution in [-0.4, -0.2) is 63.6 Å². The Bertz CT molecular complexity index is 1110. The number of nitrogens with zero attached hydrogens (tertiary/aromatic N) is 5. The van der Waals surface area contributed by atoms with E-state index >= 15 is 0 Å². The number of hydrogen-bond acceptors (Lipinski definition) is 6. The molecule has 2 aliphatic rings. The van der Waals surface area contributed by atoms with Gasteiger partial charge in [0.05, 0.1) is 25.9 Å². The smallest absolute Gasteiger partial charge is 0.253 e. The van der Waals surface area contributed by atoms with Crippen molar-refractivity contribution < 1.29 is 14.3 Å². The lowest BCUT2D eigenvalue weighted by atomic mass is 9.88. The van der Waals surface area contributed by atoms with E-state index in [1.807, 2.05) is 49.8 Å². The zero-order valence-electron chi connectivity index (χ0n) is 19.8. The number of carbonyl (C=O) groups is 1. The van der Waals surface area contributed by atoms with Gasteiger partial charge in [-0.25, -0.2) is 4.98 Å². The highest BCUT2D eigenvalue weighted by molar-refractivity contribution is 5.80. The third-order valence-corrected chi connectivity index (χ3v) is 6.86. The standard InChI is InChI=1S/C26H31N5O3/c1-29(18-21-5-3-4-12-27-21)24(32)23-19-31-16-13-28-25(31)26(34-23)10-14-30(15-11-26)17-20-6-8-22(33-2)9-7-20/h3-9,12-13,16,23H,10-11,14-15,17-19H2,1-2H3/t23-/m1/s1. The average Bonchev–Trinajstić information content (AvgIpc) is 3.36. The number of methoxy groups -OCH3 is 1. The molecule has 0 saturated carbocycles. The first-order chi connectivity index (χ1) is 16.6. The molecular weight excluding hydrogens is 430 g/mol. The Morgan fingerprint density at radius 2 is 1.94 bits per heavy atom. The van der Waals surface area contributed by atoms with Crippen molar-refractivity contribution in [2.45, 2.75) is 44.2 Å². The first-order valence-electron chi connectivity index (χ1n) is 11.8. The lowest BCUT2D eigenvalue weighted by molar-refractivity contribution is -0.181. The van der Waals surface area contributed by atoms with Gasteiger partial charge < -0.3 is 18.9 Å². The number of rotatable bonds is 6. The van der Waals surface area contributed by atoms with Gasteiger partial charge in [0.1, 0.15) is 17.2 Å². The largest absolute Gasteiger partial charge is 0.497 e. The van der Waals surface area contributed by atoms with Crippen LogP contribution in [0.15, 0.2) is 61.1 Å². The Labute approximate surface area is 200 Å². The number of aromatic nitrogens is 3. The van der Waals surface area contributed by atoms with Crippen LogP contribution < -0.4 is 4.74 Å². The summed E-state index contributed by atoms with van der Waals surface area (Å²) in [5.74, 6) is 1.78. The predicted octanol–water partition coefficient (Wildman–Crippen LogP) is 2.84. The number of fused-ring (bicyclic) bond motifs is 2. The van der Waals surface area contributed by atoms with Crippen LogP contribution in [0.25, 0.3) is 0 Å². The molecule has 1 spiro atoms. The number of carbonyl (C=O) groups excluding carboxylic acids is 1. The van der Waals surface area contributed by atoms with Crippen LogP contribution >= 0.6 is 0 Å². The van der Waals surface area contributed by atoms with Crippen molar-refractivity contribution in [3.63, 3.8) is 0 Å². The number of likely N-dealkylation sites (tertiary alicyclic amines) is 1. The molecule has 3 aromatic rings. The van der Waals surface area contributed by atoms with Crippen molar-refractivity contribution in [3.8, 4) is 5.75 Å². The van der Waals surface area contributed by atoms with Crippen LogP contribution in [0.5, 0.6) is 5.75 Å². The minimum Gasteiger partial charge on any atom is -0.497 e. The van der Waals surface area contributed by atoms with Crippen LogP contribution in [0, 0.1) is 0 Å². The molecule has 1 amide bonds. The van der Waals surface area contributed by atoms with Crippen molar-refractivity contribution >= 4 is 5.91 Å². The minimum atomic E-state index is -0.538. The quantitative estimate of drug-likeness (QED) is 0.562. The Balaban J connectivity index is 1.26. The van der Waals surface area contributed by atoms with E-state index in [0.717, 1.165) is 49.7 Å². The van der Waals surface area contributed by atoms with Crippen molar-refractivity contribution in [1.29, 1.82) is 0 Å². The fourth-order valence-corrected chi connectivity index (χ4v) is 4.99. The fraction of sp³-hybridized carbons (Fsp3) is 0.423. The van der Waals surface area contributed by atoms with E-state index in [1.165, 1.54) is 5.56 Å². The molecule has 178 valence electrons. The van der Waals surface area contributed by atoms with Gasteiger partial charge in [0.2, 0.25) is 0 Å². The summed E-state index contributed by atoms with van der Waals surface area (Å²) >= 11 is 0. The summed E-state index contributed by atoms with van der Waals surface area (Å²) in [5, 5.41) is 0. The monoisotopic (exact) mass is 461 g/mol. The first-order valence-corrected chi connectivity index (χ1v) is 11.8. The minimum absolute atomic E-state index is 0.0231. The van der Waals surface area contributed by atoms with E-state index in [1.54, 1.807) is 18.2 Å². The number of ether oxygens (including phenoxy) is 2. The zero-order valence-corrected chi connectivity index (χ0v) is 19.8. The molecule has 0 unspecified atom stereocenters. The molecule has 1 saturated heterocycles. The summed E-state index contributed by atoms with van der Waals surface area (Å²) in [6, 6.07) is 14.0. The molecule has 1 aromatic carbocycles. The maximum atomic E-state index is 13.3. The Morgan fingerprint density at radius 3 is 2.65 bits per heavy atom. The van der Waals surface area contributed by atoms with E-state index in [-0.39, 0.29) is 5.91 Å². The molecular formula is C26H31N5O3. The number of pyridine rings is 1. The molecule has 8 heteroatoms. The number of benzene rings is 1. The Morgan fingerprint density at radius 1 is 1.15 bits per heavy atom. The van der Waals surface area contributed by atoms with E-state index in [4.69, 9.17) is 9.47 Å². The van der Waals surface area contributed by atoms with Gasteiger partial charge in [-0.1, -0.05) is 18.2 Å².